The Bertz CT molecular complexity index is 179. The Kier molecular flexibility index (Phi) is 2.42. The molecule has 0 bridgehead atoms. The molecule has 0 unspecified atom stereocenters. The molecule has 1 N–H and O–H groups in total. The minimum atomic E-state index is -0.0489. The Hall–Kier alpha value is -0.570. The van der Waals surface area contributed by atoms with Crippen molar-refractivity contribution in [1.82, 2.24) is 10.2 Å². The molecule has 70 valence electrons. The van der Waals surface area contributed by atoms with Crippen LogP contribution in [0.1, 0.15) is 20.8 Å². The van der Waals surface area contributed by atoms with Crippen LogP contribution in [0.5, 0.6) is 0 Å². The SMILES string of the molecule is CN(C(=O)C1CNC1)C(C)(C)C. The summed E-state index contributed by atoms with van der Waals surface area (Å²) in [5.41, 5.74) is -0.0489. The van der Waals surface area contributed by atoms with Crippen LogP contribution in [0, 0.1) is 5.92 Å². The maximum atomic E-state index is 11.7. The third-order valence-corrected chi connectivity index (χ3v) is 2.47. The van der Waals surface area contributed by atoms with Crippen LogP contribution in [0.4, 0.5) is 0 Å². The lowest BCUT2D eigenvalue weighted by molar-refractivity contribution is -0.140. The van der Waals surface area contributed by atoms with E-state index in [4.69, 9.17) is 0 Å². The molecule has 12 heavy (non-hydrogen) atoms. The zero-order valence-corrected chi connectivity index (χ0v) is 8.35. The van der Waals surface area contributed by atoms with Gasteiger partial charge in [-0.25, -0.2) is 0 Å². The molecule has 1 rings (SSSR count). The van der Waals surface area contributed by atoms with Gasteiger partial charge in [0.15, 0.2) is 0 Å². The van der Waals surface area contributed by atoms with E-state index in [9.17, 15) is 4.79 Å². The van der Waals surface area contributed by atoms with E-state index in [1.165, 1.54) is 0 Å². The quantitative estimate of drug-likeness (QED) is 0.620. The molecular formula is C9H18N2O. The number of nitrogens with one attached hydrogen (secondary N) is 1. The molecular weight excluding hydrogens is 152 g/mol. The van der Waals surface area contributed by atoms with Gasteiger partial charge in [-0.1, -0.05) is 0 Å². The van der Waals surface area contributed by atoms with Crippen molar-refractivity contribution in [3.05, 3.63) is 0 Å². The van der Waals surface area contributed by atoms with E-state index in [1.54, 1.807) is 0 Å². The van der Waals surface area contributed by atoms with Gasteiger partial charge in [0, 0.05) is 25.7 Å². The van der Waals surface area contributed by atoms with Crippen LogP contribution in [-0.4, -0.2) is 36.5 Å². The summed E-state index contributed by atoms with van der Waals surface area (Å²) < 4.78 is 0. The third kappa shape index (κ3) is 1.78. The van der Waals surface area contributed by atoms with Gasteiger partial charge in [-0.2, -0.15) is 0 Å². The van der Waals surface area contributed by atoms with E-state index in [2.05, 4.69) is 26.1 Å². The second-order valence-corrected chi connectivity index (χ2v) is 4.42. The Morgan fingerprint density at radius 1 is 1.42 bits per heavy atom. The molecule has 0 aromatic carbocycles. The Morgan fingerprint density at radius 3 is 2.17 bits per heavy atom. The van der Waals surface area contributed by atoms with E-state index in [-0.39, 0.29) is 17.4 Å². The molecule has 3 heteroatoms. The number of hydrogen-bond donors (Lipinski definition) is 1. The number of nitrogens with zero attached hydrogens (tertiary/aromatic N) is 1. The van der Waals surface area contributed by atoms with E-state index in [0.717, 1.165) is 13.1 Å². The van der Waals surface area contributed by atoms with Crippen molar-refractivity contribution in [2.24, 2.45) is 5.92 Å². The molecule has 0 atom stereocenters. The van der Waals surface area contributed by atoms with Gasteiger partial charge >= 0.3 is 0 Å². The van der Waals surface area contributed by atoms with E-state index in [0.29, 0.717) is 0 Å². The highest BCUT2D eigenvalue weighted by molar-refractivity contribution is 5.80. The molecule has 0 aromatic heterocycles. The van der Waals surface area contributed by atoms with Gasteiger partial charge in [0.25, 0.3) is 0 Å². The maximum Gasteiger partial charge on any atom is 0.228 e. The van der Waals surface area contributed by atoms with Gasteiger partial charge in [-0.3, -0.25) is 4.79 Å². The van der Waals surface area contributed by atoms with E-state index in [1.807, 2.05) is 11.9 Å². The zero-order chi connectivity index (χ0) is 9.35. The van der Waals surface area contributed by atoms with E-state index < -0.39 is 0 Å². The third-order valence-electron chi connectivity index (χ3n) is 2.47. The average molecular weight is 170 g/mol. The summed E-state index contributed by atoms with van der Waals surface area (Å²) in [5, 5.41) is 3.10. The van der Waals surface area contributed by atoms with Crippen molar-refractivity contribution in [3.63, 3.8) is 0 Å². The molecule has 0 aliphatic carbocycles. The van der Waals surface area contributed by atoms with Gasteiger partial charge in [-0.05, 0) is 20.8 Å². The second kappa shape index (κ2) is 3.05. The van der Waals surface area contributed by atoms with Crippen LogP contribution in [0.15, 0.2) is 0 Å². The van der Waals surface area contributed by atoms with Gasteiger partial charge in [-0.15, -0.1) is 0 Å². The monoisotopic (exact) mass is 170 g/mol. The van der Waals surface area contributed by atoms with Crippen molar-refractivity contribution in [2.45, 2.75) is 26.3 Å². The first-order valence-electron chi connectivity index (χ1n) is 4.41. The highest BCUT2D eigenvalue weighted by atomic mass is 16.2. The molecule has 0 aromatic rings. The number of carbonyl (C=O) groups excluding carboxylic acids is 1. The van der Waals surface area contributed by atoms with Crippen LogP contribution in [0.2, 0.25) is 0 Å². The summed E-state index contributed by atoms with van der Waals surface area (Å²) in [7, 11) is 1.88. The van der Waals surface area contributed by atoms with Crippen LogP contribution >= 0.6 is 0 Å². The minimum absolute atomic E-state index is 0.0489. The number of carbonyl (C=O) groups is 1. The van der Waals surface area contributed by atoms with Crippen molar-refractivity contribution >= 4 is 5.91 Å². The number of hydrogen-bond acceptors (Lipinski definition) is 2. The molecule has 0 saturated carbocycles. The topological polar surface area (TPSA) is 32.3 Å². The molecule has 1 amide bonds. The largest absolute Gasteiger partial charge is 0.341 e. The fourth-order valence-electron chi connectivity index (χ4n) is 1.07. The predicted molar refractivity (Wildman–Crippen MR) is 48.9 cm³/mol. The van der Waals surface area contributed by atoms with Crippen LogP contribution in [0.3, 0.4) is 0 Å². The van der Waals surface area contributed by atoms with E-state index >= 15 is 0 Å². The summed E-state index contributed by atoms with van der Waals surface area (Å²) >= 11 is 0. The lowest BCUT2D eigenvalue weighted by Crippen LogP contribution is -2.55. The zero-order valence-electron chi connectivity index (χ0n) is 8.35. The normalized spacial score (nSPS) is 18.7. The van der Waals surface area contributed by atoms with Crippen molar-refractivity contribution in [3.8, 4) is 0 Å². The second-order valence-electron chi connectivity index (χ2n) is 4.42. The Labute approximate surface area is 74.1 Å². The summed E-state index contributed by atoms with van der Waals surface area (Å²) in [6.07, 6.45) is 0. The summed E-state index contributed by atoms with van der Waals surface area (Å²) in [5.74, 6) is 0.482. The summed E-state index contributed by atoms with van der Waals surface area (Å²) in [6, 6.07) is 0. The van der Waals surface area contributed by atoms with Gasteiger partial charge in [0.2, 0.25) is 5.91 Å². The lowest BCUT2D eigenvalue weighted by Gasteiger charge is -2.37. The standard InChI is InChI=1S/C9H18N2O/c1-9(2,3)11(4)8(12)7-5-10-6-7/h7,10H,5-6H2,1-4H3. The van der Waals surface area contributed by atoms with Crippen LogP contribution in [0.25, 0.3) is 0 Å². The van der Waals surface area contributed by atoms with Crippen LogP contribution < -0.4 is 5.32 Å². The fraction of sp³-hybridized carbons (Fsp3) is 0.889. The highest BCUT2D eigenvalue weighted by Gasteiger charge is 2.31. The number of amides is 1. The first-order chi connectivity index (χ1) is 5.43. The Morgan fingerprint density at radius 2 is 1.92 bits per heavy atom. The molecule has 1 fully saturated rings. The van der Waals surface area contributed by atoms with Gasteiger partial charge in [0.05, 0.1) is 5.92 Å². The van der Waals surface area contributed by atoms with Crippen LogP contribution in [-0.2, 0) is 4.79 Å². The Balaban J connectivity index is 2.51. The molecule has 1 aliphatic rings. The van der Waals surface area contributed by atoms with Crippen molar-refractivity contribution < 1.29 is 4.79 Å². The van der Waals surface area contributed by atoms with Gasteiger partial charge < -0.3 is 10.2 Å². The molecule has 1 aliphatic heterocycles. The molecule has 0 radical (unpaired) electrons. The van der Waals surface area contributed by atoms with Gasteiger partial charge in [0.1, 0.15) is 0 Å². The molecule has 1 heterocycles. The minimum Gasteiger partial charge on any atom is -0.341 e. The predicted octanol–water partition coefficient (Wildman–Crippen LogP) is 0.463. The van der Waals surface area contributed by atoms with Crippen molar-refractivity contribution in [1.29, 1.82) is 0 Å². The summed E-state index contributed by atoms with van der Waals surface area (Å²) in [6.45, 7) is 7.85. The van der Waals surface area contributed by atoms with Crippen molar-refractivity contribution in [2.75, 3.05) is 20.1 Å². The lowest BCUT2D eigenvalue weighted by atomic mass is 9.98. The molecule has 3 nitrogen and oxygen atoms in total. The first-order valence-corrected chi connectivity index (χ1v) is 4.41. The molecule has 0 spiro atoms. The molecule has 1 saturated heterocycles. The highest BCUT2D eigenvalue weighted by Crippen LogP contribution is 2.16. The smallest absolute Gasteiger partial charge is 0.228 e. The first kappa shape index (κ1) is 9.52. The maximum absolute atomic E-state index is 11.7. The fourth-order valence-corrected chi connectivity index (χ4v) is 1.07. The number of rotatable bonds is 1. The summed E-state index contributed by atoms with van der Waals surface area (Å²) in [4.78, 5) is 13.5. The average Bonchev–Trinajstić information content (AvgIpc) is 1.79.